The molecular formula is C12H18N4S. The zero-order valence-corrected chi connectivity index (χ0v) is 10.9. The molecule has 2 rings (SSSR count). The van der Waals surface area contributed by atoms with Gasteiger partial charge in [0.25, 0.3) is 0 Å². The molecule has 0 aliphatic rings. The molecule has 5 heteroatoms. The van der Waals surface area contributed by atoms with Crippen LogP contribution in [0, 0.1) is 0 Å². The molecule has 0 aromatic carbocycles. The lowest BCUT2D eigenvalue weighted by atomic mass is 10.3. The normalized spacial score (nSPS) is 10.9. The summed E-state index contributed by atoms with van der Waals surface area (Å²) in [5.74, 6) is 1.03. The molecule has 17 heavy (non-hydrogen) atoms. The standard InChI is InChI=1S/C12H18N4S/c1-2-3-6-16(7-5-13)12-11-10(4-8-17-11)14-9-15-12/h4,8-9H,2-3,5-7,13H2,1H3. The molecule has 2 aromatic rings. The van der Waals surface area contributed by atoms with Crippen LogP contribution in [0.25, 0.3) is 10.2 Å². The van der Waals surface area contributed by atoms with Crippen molar-refractivity contribution in [2.24, 2.45) is 5.73 Å². The van der Waals surface area contributed by atoms with Crippen molar-refractivity contribution in [3.63, 3.8) is 0 Å². The minimum absolute atomic E-state index is 0.653. The van der Waals surface area contributed by atoms with Crippen LogP contribution in [-0.4, -0.2) is 29.6 Å². The topological polar surface area (TPSA) is 55.0 Å². The molecular weight excluding hydrogens is 232 g/mol. The van der Waals surface area contributed by atoms with E-state index in [2.05, 4.69) is 27.2 Å². The molecule has 0 spiro atoms. The monoisotopic (exact) mass is 250 g/mol. The van der Waals surface area contributed by atoms with Crippen LogP contribution in [0.15, 0.2) is 17.8 Å². The van der Waals surface area contributed by atoms with Gasteiger partial charge in [-0.1, -0.05) is 13.3 Å². The number of nitrogens with zero attached hydrogens (tertiary/aromatic N) is 3. The first-order chi connectivity index (χ1) is 8.36. The van der Waals surface area contributed by atoms with Crippen molar-refractivity contribution in [2.45, 2.75) is 19.8 Å². The number of unbranched alkanes of at least 4 members (excludes halogenated alkanes) is 1. The van der Waals surface area contributed by atoms with E-state index in [0.717, 1.165) is 35.5 Å². The van der Waals surface area contributed by atoms with Gasteiger partial charge in [-0.25, -0.2) is 9.97 Å². The minimum atomic E-state index is 0.653. The third-order valence-corrected chi connectivity index (χ3v) is 3.60. The lowest BCUT2D eigenvalue weighted by molar-refractivity contribution is 0.710. The smallest absolute Gasteiger partial charge is 0.150 e. The third-order valence-electron chi connectivity index (χ3n) is 2.70. The Balaban J connectivity index is 2.30. The molecule has 2 aromatic heterocycles. The van der Waals surface area contributed by atoms with Crippen molar-refractivity contribution in [3.8, 4) is 0 Å². The van der Waals surface area contributed by atoms with Gasteiger partial charge >= 0.3 is 0 Å². The summed E-state index contributed by atoms with van der Waals surface area (Å²) < 4.78 is 1.16. The molecule has 0 atom stereocenters. The maximum Gasteiger partial charge on any atom is 0.150 e. The van der Waals surface area contributed by atoms with Gasteiger partial charge in [-0.15, -0.1) is 11.3 Å². The molecule has 0 unspecified atom stereocenters. The molecule has 0 saturated carbocycles. The molecule has 0 aliphatic carbocycles. The number of aromatic nitrogens is 2. The van der Waals surface area contributed by atoms with Gasteiger partial charge in [0.05, 0.1) is 10.2 Å². The van der Waals surface area contributed by atoms with E-state index in [1.165, 1.54) is 6.42 Å². The van der Waals surface area contributed by atoms with Crippen molar-refractivity contribution < 1.29 is 0 Å². The number of fused-ring (bicyclic) bond motifs is 1. The van der Waals surface area contributed by atoms with Crippen LogP contribution in [0.5, 0.6) is 0 Å². The number of hydrogen-bond acceptors (Lipinski definition) is 5. The van der Waals surface area contributed by atoms with E-state index in [0.29, 0.717) is 6.54 Å². The maximum atomic E-state index is 5.68. The minimum Gasteiger partial charge on any atom is -0.354 e. The summed E-state index contributed by atoms with van der Waals surface area (Å²) in [6.45, 7) is 4.71. The van der Waals surface area contributed by atoms with Gasteiger partial charge in [0.15, 0.2) is 0 Å². The number of rotatable bonds is 6. The second-order valence-electron chi connectivity index (χ2n) is 3.96. The van der Waals surface area contributed by atoms with Gasteiger partial charge < -0.3 is 10.6 Å². The highest BCUT2D eigenvalue weighted by Gasteiger charge is 2.12. The summed E-state index contributed by atoms with van der Waals surface area (Å²) >= 11 is 1.69. The largest absolute Gasteiger partial charge is 0.354 e. The summed E-state index contributed by atoms with van der Waals surface area (Å²) in [5, 5.41) is 2.06. The predicted octanol–water partition coefficient (Wildman–Crippen LogP) is 2.26. The lowest BCUT2D eigenvalue weighted by Crippen LogP contribution is -2.31. The van der Waals surface area contributed by atoms with Crippen LogP contribution in [0.2, 0.25) is 0 Å². The van der Waals surface area contributed by atoms with Crippen molar-refractivity contribution in [3.05, 3.63) is 17.8 Å². The van der Waals surface area contributed by atoms with Crippen molar-refractivity contribution in [1.82, 2.24) is 9.97 Å². The van der Waals surface area contributed by atoms with Crippen molar-refractivity contribution in [1.29, 1.82) is 0 Å². The van der Waals surface area contributed by atoms with Gasteiger partial charge in [0, 0.05) is 19.6 Å². The van der Waals surface area contributed by atoms with E-state index >= 15 is 0 Å². The van der Waals surface area contributed by atoms with E-state index < -0.39 is 0 Å². The zero-order valence-electron chi connectivity index (χ0n) is 10.1. The highest BCUT2D eigenvalue weighted by molar-refractivity contribution is 7.17. The highest BCUT2D eigenvalue weighted by Crippen LogP contribution is 2.27. The van der Waals surface area contributed by atoms with Gasteiger partial charge in [-0.3, -0.25) is 0 Å². The average molecular weight is 250 g/mol. The lowest BCUT2D eigenvalue weighted by Gasteiger charge is -2.23. The fourth-order valence-electron chi connectivity index (χ4n) is 1.83. The van der Waals surface area contributed by atoms with Crippen LogP contribution in [-0.2, 0) is 0 Å². The molecule has 0 radical (unpaired) electrons. The first-order valence-electron chi connectivity index (χ1n) is 6.00. The molecule has 0 fully saturated rings. The van der Waals surface area contributed by atoms with Gasteiger partial charge in [-0.2, -0.15) is 0 Å². The van der Waals surface area contributed by atoms with Crippen LogP contribution >= 0.6 is 11.3 Å². The number of nitrogens with two attached hydrogens (primary N) is 1. The second kappa shape index (κ2) is 5.93. The summed E-state index contributed by atoms with van der Waals surface area (Å²) in [5.41, 5.74) is 6.70. The van der Waals surface area contributed by atoms with Gasteiger partial charge in [0.2, 0.25) is 0 Å². The van der Waals surface area contributed by atoms with E-state index in [9.17, 15) is 0 Å². The Labute approximate surface area is 105 Å². The summed E-state index contributed by atoms with van der Waals surface area (Å²) in [7, 11) is 0. The van der Waals surface area contributed by atoms with E-state index in [1.807, 2.05) is 6.07 Å². The first-order valence-corrected chi connectivity index (χ1v) is 6.88. The quantitative estimate of drug-likeness (QED) is 0.854. The average Bonchev–Trinajstić information content (AvgIpc) is 2.82. The fourth-order valence-corrected chi connectivity index (χ4v) is 2.69. The Bertz CT molecular complexity index is 468. The number of thiophene rings is 1. The Morgan fingerprint density at radius 3 is 3.00 bits per heavy atom. The van der Waals surface area contributed by atoms with Gasteiger partial charge in [0.1, 0.15) is 12.1 Å². The zero-order chi connectivity index (χ0) is 12.1. The van der Waals surface area contributed by atoms with E-state index in [1.54, 1.807) is 17.7 Å². The molecule has 92 valence electrons. The van der Waals surface area contributed by atoms with E-state index in [-0.39, 0.29) is 0 Å². The van der Waals surface area contributed by atoms with Gasteiger partial charge in [-0.05, 0) is 17.9 Å². The molecule has 2 N–H and O–H groups in total. The molecule has 2 heterocycles. The Hall–Kier alpha value is -1.20. The van der Waals surface area contributed by atoms with E-state index in [4.69, 9.17) is 5.73 Å². The predicted molar refractivity (Wildman–Crippen MR) is 73.6 cm³/mol. The third kappa shape index (κ3) is 2.73. The Morgan fingerprint density at radius 2 is 2.24 bits per heavy atom. The van der Waals surface area contributed by atoms with Crippen molar-refractivity contribution >= 4 is 27.4 Å². The summed E-state index contributed by atoms with van der Waals surface area (Å²) in [6.07, 6.45) is 3.98. The molecule has 0 aliphatic heterocycles. The van der Waals surface area contributed by atoms with Crippen LogP contribution in [0.3, 0.4) is 0 Å². The first kappa shape index (κ1) is 12.3. The molecule has 0 bridgehead atoms. The van der Waals surface area contributed by atoms with Crippen LogP contribution in [0.1, 0.15) is 19.8 Å². The van der Waals surface area contributed by atoms with Crippen LogP contribution < -0.4 is 10.6 Å². The van der Waals surface area contributed by atoms with Crippen molar-refractivity contribution in [2.75, 3.05) is 24.5 Å². The van der Waals surface area contributed by atoms with Crippen LogP contribution in [0.4, 0.5) is 5.82 Å². The molecule has 4 nitrogen and oxygen atoms in total. The Kier molecular flexibility index (Phi) is 4.28. The summed E-state index contributed by atoms with van der Waals surface area (Å²) in [4.78, 5) is 11.0. The maximum absolute atomic E-state index is 5.68. The fraction of sp³-hybridized carbons (Fsp3) is 0.500. The SMILES string of the molecule is CCCCN(CCN)c1ncnc2ccsc12. The Morgan fingerprint density at radius 1 is 1.35 bits per heavy atom. The number of anilines is 1. The molecule has 0 amide bonds. The highest BCUT2D eigenvalue weighted by atomic mass is 32.1. The second-order valence-corrected chi connectivity index (χ2v) is 4.88. The summed E-state index contributed by atoms with van der Waals surface area (Å²) in [6, 6.07) is 2.03. The molecule has 0 saturated heterocycles. The number of hydrogen-bond donors (Lipinski definition) is 1.